The van der Waals surface area contributed by atoms with E-state index in [2.05, 4.69) is 26.1 Å². The quantitative estimate of drug-likeness (QED) is 0.670. The second-order valence-electron chi connectivity index (χ2n) is 5.31. The zero-order valence-electron chi connectivity index (χ0n) is 8.82. The molecule has 0 aromatic carbocycles. The molecule has 1 rings (SSSR count). The first-order valence-electron chi connectivity index (χ1n) is 5.29. The van der Waals surface area contributed by atoms with Crippen molar-refractivity contribution in [2.45, 2.75) is 46.5 Å². The summed E-state index contributed by atoms with van der Waals surface area (Å²) in [7, 11) is 0. The van der Waals surface area contributed by atoms with E-state index < -0.39 is 0 Å². The Morgan fingerprint density at radius 1 is 1.33 bits per heavy atom. The van der Waals surface area contributed by atoms with Crippen molar-refractivity contribution >= 4 is 0 Å². The fourth-order valence-corrected chi connectivity index (χ4v) is 1.81. The number of nitrogens with one attached hydrogen (secondary N) is 1. The summed E-state index contributed by atoms with van der Waals surface area (Å²) in [6.07, 6.45) is 5.62. The van der Waals surface area contributed by atoms with Crippen LogP contribution in [0.2, 0.25) is 0 Å². The minimum atomic E-state index is 0.525. The molecular formula is C11H23N. The fourth-order valence-electron chi connectivity index (χ4n) is 1.81. The summed E-state index contributed by atoms with van der Waals surface area (Å²) in [5, 5.41) is 3.47. The van der Waals surface area contributed by atoms with Crippen LogP contribution in [0.4, 0.5) is 0 Å². The number of hydrogen-bond acceptors (Lipinski definition) is 1. The Kier molecular flexibility index (Phi) is 3.57. The van der Waals surface area contributed by atoms with Gasteiger partial charge < -0.3 is 5.32 Å². The molecule has 0 aromatic rings. The lowest BCUT2D eigenvalue weighted by molar-refractivity contribution is 0.285. The first kappa shape index (κ1) is 10.0. The van der Waals surface area contributed by atoms with Crippen molar-refractivity contribution in [2.24, 2.45) is 11.3 Å². The summed E-state index contributed by atoms with van der Waals surface area (Å²) in [5.41, 5.74) is 0.525. The molecule has 1 heteroatoms. The first-order valence-corrected chi connectivity index (χ1v) is 5.29. The van der Waals surface area contributed by atoms with Crippen LogP contribution in [-0.2, 0) is 0 Å². The van der Waals surface area contributed by atoms with Crippen LogP contribution >= 0.6 is 0 Å². The molecule has 1 aliphatic heterocycles. The molecule has 1 fully saturated rings. The van der Waals surface area contributed by atoms with E-state index in [1.807, 2.05) is 0 Å². The lowest BCUT2D eigenvalue weighted by Gasteiger charge is -2.26. The van der Waals surface area contributed by atoms with Crippen LogP contribution in [0.15, 0.2) is 0 Å². The van der Waals surface area contributed by atoms with Crippen molar-refractivity contribution in [3.63, 3.8) is 0 Å². The Bertz CT molecular complexity index is 117. The van der Waals surface area contributed by atoms with E-state index in [4.69, 9.17) is 0 Å². The van der Waals surface area contributed by atoms with Gasteiger partial charge >= 0.3 is 0 Å². The van der Waals surface area contributed by atoms with Gasteiger partial charge in [0.25, 0.3) is 0 Å². The maximum atomic E-state index is 3.47. The van der Waals surface area contributed by atoms with Gasteiger partial charge in [-0.1, -0.05) is 20.8 Å². The van der Waals surface area contributed by atoms with Gasteiger partial charge in [0.2, 0.25) is 0 Å². The molecule has 0 unspecified atom stereocenters. The smallest absolute Gasteiger partial charge is 0.00205 e. The van der Waals surface area contributed by atoms with Gasteiger partial charge in [0.05, 0.1) is 0 Å². The standard InChI is InChI=1S/C11H23N/c1-11(2,3)7-6-10-5-4-8-12-9-10/h10,12H,4-9H2,1-3H3/t10-/m1/s1. The predicted molar refractivity (Wildman–Crippen MR) is 54.3 cm³/mol. The highest BCUT2D eigenvalue weighted by molar-refractivity contribution is 4.72. The Balaban J connectivity index is 2.13. The lowest BCUT2D eigenvalue weighted by atomic mass is 9.84. The minimum Gasteiger partial charge on any atom is -0.316 e. The van der Waals surface area contributed by atoms with Crippen molar-refractivity contribution in [3.8, 4) is 0 Å². The van der Waals surface area contributed by atoms with Gasteiger partial charge in [0.1, 0.15) is 0 Å². The van der Waals surface area contributed by atoms with Crippen molar-refractivity contribution in [1.82, 2.24) is 5.32 Å². The second kappa shape index (κ2) is 4.27. The third-order valence-corrected chi connectivity index (χ3v) is 2.70. The van der Waals surface area contributed by atoms with Gasteiger partial charge in [-0.05, 0) is 50.1 Å². The lowest BCUT2D eigenvalue weighted by Crippen LogP contribution is -2.30. The van der Waals surface area contributed by atoms with Crippen molar-refractivity contribution in [2.75, 3.05) is 13.1 Å². The molecule has 0 radical (unpaired) electrons. The zero-order chi connectivity index (χ0) is 9.03. The minimum absolute atomic E-state index is 0.525. The van der Waals surface area contributed by atoms with E-state index in [0.717, 1.165) is 5.92 Å². The summed E-state index contributed by atoms with van der Waals surface area (Å²) in [6, 6.07) is 0. The molecule has 0 aromatic heterocycles. The summed E-state index contributed by atoms with van der Waals surface area (Å²) < 4.78 is 0. The number of hydrogen-bond donors (Lipinski definition) is 1. The molecule has 0 saturated carbocycles. The number of rotatable bonds is 2. The maximum Gasteiger partial charge on any atom is -0.00205 e. The third-order valence-electron chi connectivity index (χ3n) is 2.70. The molecule has 0 spiro atoms. The Labute approximate surface area is 76.9 Å². The van der Waals surface area contributed by atoms with Crippen LogP contribution in [0.1, 0.15) is 46.5 Å². The van der Waals surface area contributed by atoms with Gasteiger partial charge in [-0.25, -0.2) is 0 Å². The molecule has 0 bridgehead atoms. The van der Waals surface area contributed by atoms with Gasteiger partial charge in [0, 0.05) is 0 Å². The topological polar surface area (TPSA) is 12.0 Å². The summed E-state index contributed by atoms with van der Waals surface area (Å²) in [6.45, 7) is 9.51. The summed E-state index contributed by atoms with van der Waals surface area (Å²) in [4.78, 5) is 0. The Morgan fingerprint density at radius 3 is 2.58 bits per heavy atom. The zero-order valence-corrected chi connectivity index (χ0v) is 8.82. The predicted octanol–water partition coefficient (Wildman–Crippen LogP) is 2.81. The molecule has 1 heterocycles. The molecular weight excluding hydrogens is 146 g/mol. The van der Waals surface area contributed by atoms with Crippen molar-refractivity contribution in [3.05, 3.63) is 0 Å². The van der Waals surface area contributed by atoms with Crippen molar-refractivity contribution < 1.29 is 0 Å². The monoisotopic (exact) mass is 169 g/mol. The molecule has 72 valence electrons. The van der Waals surface area contributed by atoms with E-state index >= 15 is 0 Å². The Hall–Kier alpha value is -0.0400. The SMILES string of the molecule is CC(C)(C)CC[C@H]1CCCNC1. The highest BCUT2D eigenvalue weighted by Gasteiger charge is 2.16. The summed E-state index contributed by atoms with van der Waals surface area (Å²) in [5.74, 6) is 0.956. The molecule has 12 heavy (non-hydrogen) atoms. The van der Waals surface area contributed by atoms with Crippen LogP contribution < -0.4 is 5.32 Å². The molecule has 1 saturated heterocycles. The van der Waals surface area contributed by atoms with Gasteiger partial charge in [-0.3, -0.25) is 0 Å². The largest absolute Gasteiger partial charge is 0.316 e. The third kappa shape index (κ3) is 4.10. The Morgan fingerprint density at radius 2 is 2.08 bits per heavy atom. The normalized spacial score (nSPS) is 25.8. The first-order chi connectivity index (χ1) is 5.58. The van der Waals surface area contributed by atoms with E-state index in [1.165, 1.54) is 38.8 Å². The van der Waals surface area contributed by atoms with Crippen LogP contribution in [0.5, 0.6) is 0 Å². The average Bonchev–Trinajstić information content (AvgIpc) is 2.02. The molecule has 1 aliphatic rings. The van der Waals surface area contributed by atoms with Crippen LogP contribution in [0, 0.1) is 11.3 Å². The van der Waals surface area contributed by atoms with E-state index in [0.29, 0.717) is 5.41 Å². The highest BCUT2D eigenvalue weighted by Crippen LogP contribution is 2.26. The fraction of sp³-hybridized carbons (Fsp3) is 1.00. The van der Waals surface area contributed by atoms with Crippen LogP contribution in [-0.4, -0.2) is 13.1 Å². The van der Waals surface area contributed by atoms with E-state index in [-0.39, 0.29) is 0 Å². The second-order valence-corrected chi connectivity index (χ2v) is 5.31. The van der Waals surface area contributed by atoms with Crippen LogP contribution in [0.25, 0.3) is 0 Å². The van der Waals surface area contributed by atoms with E-state index in [1.54, 1.807) is 0 Å². The van der Waals surface area contributed by atoms with Gasteiger partial charge in [-0.15, -0.1) is 0 Å². The number of piperidine rings is 1. The molecule has 1 atom stereocenters. The molecule has 1 N–H and O–H groups in total. The van der Waals surface area contributed by atoms with Gasteiger partial charge in [-0.2, -0.15) is 0 Å². The highest BCUT2D eigenvalue weighted by atomic mass is 14.9. The molecule has 0 aliphatic carbocycles. The summed E-state index contributed by atoms with van der Waals surface area (Å²) >= 11 is 0. The van der Waals surface area contributed by atoms with E-state index in [9.17, 15) is 0 Å². The average molecular weight is 169 g/mol. The van der Waals surface area contributed by atoms with Crippen molar-refractivity contribution in [1.29, 1.82) is 0 Å². The maximum absolute atomic E-state index is 3.47. The molecule has 1 nitrogen and oxygen atoms in total. The van der Waals surface area contributed by atoms with Gasteiger partial charge in [0.15, 0.2) is 0 Å². The van der Waals surface area contributed by atoms with Crippen LogP contribution in [0.3, 0.4) is 0 Å². The molecule has 0 amide bonds.